The van der Waals surface area contributed by atoms with Crippen LogP contribution in [-0.4, -0.2) is 11.1 Å². The monoisotopic (exact) mass is 466 g/mol. The Morgan fingerprint density at radius 2 is 1.58 bits per heavy atom. The predicted octanol–water partition coefficient (Wildman–Crippen LogP) is 7.29. The zero-order valence-corrected chi connectivity index (χ0v) is 19.4. The maximum absolute atomic E-state index is 13.4. The van der Waals surface area contributed by atoms with Crippen LogP contribution in [0.4, 0.5) is 5.69 Å². The van der Waals surface area contributed by atoms with Crippen LogP contribution in [0, 0.1) is 13.8 Å². The van der Waals surface area contributed by atoms with Gasteiger partial charge in [-0.15, -0.1) is 0 Å². The molecule has 4 rings (SSSR count). The second-order valence-electron chi connectivity index (χ2n) is 7.32. The summed E-state index contributed by atoms with van der Waals surface area (Å²) in [6.07, 6.45) is 1.80. The summed E-state index contributed by atoms with van der Waals surface area (Å²) < 4.78 is 0. The molecule has 0 fully saturated rings. The van der Waals surface area contributed by atoms with E-state index in [-0.39, 0.29) is 5.91 Å². The van der Waals surface area contributed by atoms with Gasteiger partial charge in [-0.2, -0.15) is 0 Å². The number of nitrogens with zero attached hydrogens (tertiary/aromatic N) is 2. The molecule has 3 aromatic rings. The van der Waals surface area contributed by atoms with Gasteiger partial charge in [-0.25, -0.2) is 4.99 Å². The van der Waals surface area contributed by atoms with Crippen molar-refractivity contribution in [1.29, 1.82) is 0 Å². The summed E-state index contributed by atoms with van der Waals surface area (Å²) in [5.41, 5.74) is 5.41. The van der Waals surface area contributed by atoms with Gasteiger partial charge in [0.25, 0.3) is 5.91 Å². The van der Waals surface area contributed by atoms with Crippen molar-refractivity contribution in [2.24, 2.45) is 4.99 Å². The van der Waals surface area contributed by atoms with Gasteiger partial charge in [0.1, 0.15) is 5.70 Å². The summed E-state index contributed by atoms with van der Waals surface area (Å²) in [5, 5.41) is 2.01. The minimum absolute atomic E-state index is 0.138. The van der Waals surface area contributed by atoms with E-state index in [1.165, 1.54) is 11.8 Å². The Labute approximate surface area is 196 Å². The third-order valence-electron chi connectivity index (χ3n) is 4.88. The molecule has 0 aliphatic carbocycles. The first-order valence-electron chi connectivity index (χ1n) is 9.75. The molecule has 0 radical (unpaired) electrons. The second kappa shape index (κ2) is 9.31. The van der Waals surface area contributed by atoms with E-state index in [4.69, 9.17) is 28.2 Å². The Kier molecular flexibility index (Phi) is 6.51. The number of hydrogen-bond donors (Lipinski definition) is 0. The van der Waals surface area contributed by atoms with Gasteiger partial charge in [-0.1, -0.05) is 76.9 Å². The lowest BCUT2D eigenvalue weighted by Gasteiger charge is -2.20. The first-order chi connectivity index (χ1) is 14.9. The van der Waals surface area contributed by atoms with Crippen LogP contribution in [0.5, 0.6) is 0 Å². The number of rotatable bonds is 4. The lowest BCUT2D eigenvalue weighted by molar-refractivity contribution is -0.113. The number of hydrogen-bond acceptors (Lipinski definition) is 3. The van der Waals surface area contributed by atoms with Crippen molar-refractivity contribution in [3.63, 3.8) is 0 Å². The zero-order valence-electron chi connectivity index (χ0n) is 17.1. The number of carbonyl (C=O) groups excluding carboxylic acids is 1. The normalized spacial score (nSPS) is 15.0. The third kappa shape index (κ3) is 5.04. The minimum Gasteiger partial charge on any atom is -0.266 e. The molecule has 1 aliphatic heterocycles. The van der Waals surface area contributed by atoms with Gasteiger partial charge in [-0.3, -0.25) is 9.69 Å². The number of thioether (sulfide) groups is 1. The van der Waals surface area contributed by atoms with E-state index in [2.05, 4.69) is 6.07 Å². The molecule has 0 N–H and O–H groups in total. The number of aryl methyl sites for hydroxylation is 2. The van der Waals surface area contributed by atoms with Gasteiger partial charge >= 0.3 is 0 Å². The highest BCUT2D eigenvalue weighted by atomic mass is 35.5. The maximum Gasteiger partial charge on any atom is 0.283 e. The highest BCUT2D eigenvalue weighted by Gasteiger charge is 2.32. The Bertz CT molecular complexity index is 1190. The quantitative estimate of drug-likeness (QED) is 0.378. The number of benzene rings is 3. The van der Waals surface area contributed by atoms with Crippen LogP contribution in [0.3, 0.4) is 0 Å². The molecule has 0 bridgehead atoms. The van der Waals surface area contributed by atoms with Crippen LogP contribution in [0.25, 0.3) is 6.08 Å². The number of amidine groups is 1. The van der Waals surface area contributed by atoms with Crippen LogP contribution in [0.2, 0.25) is 10.0 Å². The summed E-state index contributed by atoms with van der Waals surface area (Å²) in [6, 6.07) is 21.1. The van der Waals surface area contributed by atoms with Crippen molar-refractivity contribution in [1.82, 2.24) is 0 Å². The van der Waals surface area contributed by atoms with E-state index < -0.39 is 0 Å². The molecule has 3 nitrogen and oxygen atoms in total. The molecule has 0 unspecified atom stereocenters. The van der Waals surface area contributed by atoms with Gasteiger partial charge in [0.15, 0.2) is 5.17 Å². The third-order valence-corrected chi connectivity index (χ3v) is 6.39. The van der Waals surface area contributed by atoms with Gasteiger partial charge in [0.05, 0.1) is 5.69 Å². The fraction of sp³-hybridized carbons (Fsp3) is 0.120. The number of carbonyl (C=O) groups is 1. The molecule has 3 aromatic carbocycles. The molecule has 1 heterocycles. The molecule has 0 atom stereocenters. The topological polar surface area (TPSA) is 32.7 Å². The molecule has 0 aromatic heterocycles. The van der Waals surface area contributed by atoms with Crippen LogP contribution in [0.1, 0.15) is 22.3 Å². The molecule has 1 aliphatic rings. The summed E-state index contributed by atoms with van der Waals surface area (Å²) >= 11 is 13.5. The zero-order chi connectivity index (χ0) is 22.0. The SMILES string of the molecule is Cc1ccc(N2C(=O)/C(=C\c3ccc(Cl)cc3)N=C2SCc2ccc(Cl)cc2)c(C)c1. The minimum atomic E-state index is -0.138. The van der Waals surface area contributed by atoms with E-state index in [1.807, 2.05) is 62.4 Å². The van der Waals surface area contributed by atoms with E-state index >= 15 is 0 Å². The number of anilines is 1. The van der Waals surface area contributed by atoms with Crippen LogP contribution < -0.4 is 4.90 Å². The van der Waals surface area contributed by atoms with E-state index in [9.17, 15) is 4.79 Å². The van der Waals surface area contributed by atoms with Crippen molar-refractivity contribution >= 4 is 57.8 Å². The smallest absolute Gasteiger partial charge is 0.266 e. The number of aliphatic imine (C=N–C) groups is 1. The first-order valence-corrected chi connectivity index (χ1v) is 11.5. The molecule has 1 amide bonds. The molecule has 156 valence electrons. The fourth-order valence-electron chi connectivity index (χ4n) is 3.31. The van der Waals surface area contributed by atoms with Gasteiger partial charge < -0.3 is 0 Å². The molecule has 6 heteroatoms. The van der Waals surface area contributed by atoms with Crippen molar-refractivity contribution in [2.45, 2.75) is 19.6 Å². The first kappa shape index (κ1) is 21.7. The highest BCUT2D eigenvalue weighted by Crippen LogP contribution is 2.33. The molecule has 0 saturated carbocycles. The van der Waals surface area contributed by atoms with Crippen molar-refractivity contribution in [3.05, 3.63) is 105 Å². The van der Waals surface area contributed by atoms with Crippen LogP contribution in [0.15, 0.2) is 77.4 Å². The number of halogens is 2. The lowest BCUT2D eigenvalue weighted by atomic mass is 10.1. The lowest BCUT2D eigenvalue weighted by Crippen LogP contribution is -2.31. The Balaban J connectivity index is 1.68. The van der Waals surface area contributed by atoms with Crippen LogP contribution in [-0.2, 0) is 10.5 Å². The standard InChI is InChI=1S/C25H20Cl2N2OS/c1-16-3-12-23(17(2)13-16)29-24(30)22(14-18-4-8-20(26)9-5-18)28-25(29)31-15-19-6-10-21(27)11-7-19/h3-14H,15H2,1-2H3/b22-14+. The van der Waals surface area contributed by atoms with E-state index in [0.717, 1.165) is 27.9 Å². The Morgan fingerprint density at radius 3 is 2.23 bits per heavy atom. The highest BCUT2D eigenvalue weighted by molar-refractivity contribution is 8.13. The average Bonchev–Trinajstić information content (AvgIpc) is 3.04. The molecular formula is C25H20Cl2N2OS. The molecule has 0 saturated heterocycles. The van der Waals surface area contributed by atoms with E-state index in [1.54, 1.807) is 23.1 Å². The van der Waals surface area contributed by atoms with Crippen molar-refractivity contribution in [3.8, 4) is 0 Å². The fourth-order valence-corrected chi connectivity index (χ4v) is 4.52. The summed E-state index contributed by atoms with van der Waals surface area (Å²) in [6.45, 7) is 4.05. The van der Waals surface area contributed by atoms with Crippen LogP contribution >= 0.6 is 35.0 Å². The van der Waals surface area contributed by atoms with Gasteiger partial charge in [-0.05, 0) is 66.9 Å². The Morgan fingerprint density at radius 1 is 0.935 bits per heavy atom. The second-order valence-corrected chi connectivity index (χ2v) is 9.14. The van der Waals surface area contributed by atoms with Crippen molar-refractivity contribution in [2.75, 3.05) is 4.90 Å². The molecule has 0 spiro atoms. The van der Waals surface area contributed by atoms with Crippen molar-refractivity contribution < 1.29 is 4.79 Å². The number of amides is 1. The molecular weight excluding hydrogens is 447 g/mol. The van der Waals surface area contributed by atoms with E-state index in [0.29, 0.717) is 26.7 Å². The summed E-state index contributed by atoms with van der Waals surface area (Å²) in [5.74, 6) is 0.541. The summed E-state index contributed by atoms with van der Waals surface area (Å²) in [4.78, 5) is 19.8. The largest absolute Gasteiger partial charge is 0.283 e. The predicted molar refractivity (Wildman–Crippen MR) is 133 cm³/mol. The van der Waals surface area contributed by atoms with Gasteiger partial charge in [0, 0.05) is 15.8 Å². The Hall–Kier alpha value is -2.53. The van der Waals surface area contributed by atoms with Gasteiger partial charge in [0.2, 0.25) is 0 Å². The maximum atomic E-state index is 13.4. The average molecular weight is 467 g/mol. The molecule has 31 heavy (non-hydrogen) atoms. The summed E-state index contributed by atoms with van der Waals surface area (Å²) in [7, 11) is 0.